The summed E-state index contributed by atoms with van der Waals surface area (Å²) in [4.78, 5) is 0. The number of hydrogen-bond donors (Lipinski definition) is 0. The third-order valence-corrected chi connectivity index (χ3v) is 7.09. The number of benzene rings is 6. The van der Waals surface area contributed by atoms with E-state index >= 15 is 0 Å². The minimum absolute atomic E-state index is 1.09. The van der Waals surface area contributed by atoms with Gasteiger partial charge in [0.1, 0.15) is 0 Å². The van der Waals surface area contributed by atoms with Crippen LogP contribution in [0, 0.1) is 0 Å². The van der Waals surface area contributed by atoms with E-state index in [-0.39, 0.29) is 0 Å². The van der Waals surface area contributed by atoms with E-state index in [9.17, 15) is 0 Å². The van der Waals surface area contributed by atoms with Crippen molar-refractivity contribution in [2.45, 2.75) is 0 Å². The molecule has 0 aliphatic rings. The normalized spacial score (nSPS) is 11.9. The number of aromatic nitrogens is 1. The number of rotatable bonds is 1. The highest BCUT2D eigenvalue weighted by molar-refractivity contribution is 9.10. The minimum atomic E-state index is 1.09. The molecule has 150 valence electrons. The molecule has 0 aliphatic carbocycles. The highest BCUT2D eigenvalue weighted by Gasteiger charge is 2.20. The van der Waals surface area contributed by atoms with Crippen molar-refractivity contribution in [2.75, 3.05) is 0 Å². The molecule has 2 heteroatoms. The Kier molecular flexibility index (Phi) is 3.76. The molecule has 1 aromatic heterocycles. The van der Waals surface area contributed by atoms with Crippen LogP contribution in [0.4, 0.5) is 0 Å². The molecule has 0 atom stereocenters. The maximum absolute atomic E-state index is 3.72. The van der Waals surface area contributed by atoms with Crippen molar-refractivity contribution < 1.29 is 0 Å². The average Bonchev–Trinajstić information content (AvgIpc) is 3.18. The van der Waals surface area contributed by atoms with Gasteiger partial charge in [-0.25, -0.2) is 0 Å². The molecule has 7 rings (SSSR count). The Bertz CT molecular complexity index is 1830. The summed E-state index contributed by atoms with van der Waals surface area (Å²) in [7, 11) is 0. The van der Waals surface area contributed by atoms with Crippen LogP contribution in [-0.2, 0) is 0 Å². The second kappa shape index (κ2) is 6.69. The van der Waals surface area contributed by atoms with Gasteiger partial charge in [-0.3, -0.25) is 0 Å². The van der Waals surface area contributed by atoms with Crippen molar-refractivity contribution in [3.63, 3.8) is 0 Å². The van der Waals surface area contributed by atoms with E-state index in [1.165, 1.54) is 59.8 Å². The van der Waals surface area contributed by atoms with Crippen molar-refractivity contribution in [3.05, 3.63) is 114 Å². The van der Waals surface area contributed by atoms with E-state index in [4.69, 9.17) is 0 Å². The molecule has 7 aromatic rings. The first-order chi connectivity index (χ1) is 15.8. The zero-order chi connectivity index (χ0) is 21.2. The zero-order valence-electron chi connectivity index (χ0n) is 17.2. The molecule has 0 saturated heterocycles. The van der Waals surface area contributed by atoms with E-state index < -0.39 is 0 Å². The third kappa shape index (κ3) is 2.39. The molecule has 0 aliphatic heterocycles. The van der Waals surface area contributed by atoms with Gasteiger partial charge in [-0.15, -0.1) is 0 Å². The van der Waals surface area contributed by atoms with Crippen molar-refractivity contribution in [1.82, 2.24) is 4.57 Å². The average molecular weight is 472 g/mol. The van der Waals surface area contributed by atoms with Crippen molar-refractivity contribution in [3.8, 4) is 5.69 Å². The van der Waals surface area contributed by atoms with Gasteiger partial charge in [-0.1, -0.05) is 101 Å². The van der Waals surface area contributed by atoms with Crippen LogP contribution in [0.2, 0.25) is 0 Å². The monoisotopic (exact) mass is 471 g/mol. The van der Waals surface area contributed by atoms with Crippen LogP contribution in [0.25, 0.3) is 59.8 Å². The van der Waals surface area contributed by atoms with Crippen molar-refractivity contribution >= 4 is 70.1 Å². The van der Waals surface area contributed by atoms with Gasteiger partial charge < -0.3 is 4.57 Å². The Balaban J connectivity index is 1.91. The zero-order valence-corrected chi connectivity index (χ0v) is 18.8. The Morgan fingerprint density at radius 3 is 1.97 bits per heavy atom. The van der Waals surface area contributed by atoms with Crippen LogP contribution >= 0.6 is 15.9 Å². The number of fused-ring (bicyclic) bond motifs is 10. The first-order valence-electron chi connectivity index (χ1n) is 10.8. The fraction of sp³-hybridized carbons (Fsp3) is 0. The van der Waals surface area contributed by atoms with Gasteiger partial charge in [0.25, 0.3) is 0 Å². The molecular formula is C30H18BrN. The third-order valence-electron chi connectivity index (χ3n) is 6.60. The SMILES string of the molecule is Brc1ccc2c3c4ccccc4c4ccc5ccccc5c4c3n(-c3ccccc3)c2c1. The summed E-state index contributed by atoms with van der Waals surface area (Å²) in [6.07, 6.45) is 0. The van der Waals surface area contributed by atoms with Crippen LogP contribution < -0.4 is 0 Å². The minimum Gasteiger partial charge on any atom is -0.309 e. The molecule has 1 nitrogen and oxygen atoms in total. The van der Waals surface area contributed by atoms with E-state index in [1.54, 1.807) is 0 Å². The summed E-state index contributed by atoms with van der Waals surface area (Å²) in [5, 5.41) is 10.4. The summed E-state index contributed by atoms with van der Waals surface area (Å²) < 4.78 is 3.53. The van der Waals surface area contributed by atoms with E-state index in [1.807, 2.05) is 0 Å². The predicted octanol–water partition coefficient (Wildman–Crippen LogP) is 9.01. The smallest absolute Gasteiger partial charge is 0.0632 e. The summed E-state index contributed by atoms with van der Waals surface area (Å²) in [6.45, 7) is 0. The Morgan fingerprint density at radius 1 is 0.500 bits per heavy atom. The predicted molar refractivity (Wildman–Crippen MR) is 141 cm³/mol. The van der Waals surface area contributed by atoms with Gasteiger partial charge in [0.05, 0.1) is 11.0 Å². The Hall–Kier alpha value is -3.62. The van der Waals surface area contributed by atoms with Gasteiger partial charge in [-0.2, -0.15) is 0 Å². The first-order valence-corrected chi connectivity index (χ1v) is 11.6. The molecule has 0 amide bonds. The van der Waals surface area contributed by atoms with Gasteiger partial charge in [0, 0.05) is 26.3 Å². The molecule has 0 N–H and O–H groups in total. The lowest BCUT2D eigenvalue weighted by molar-refractivity contribution is 1.19. The molecule has 0 spiro atoms. The maximum Gasteiger partial charge on any atom is 0.0632 e. The van der Waals surface area contributed by atoms with Crippen LogP contribution in [0.1, 0.15) is 0 Å². The molecule has 32 heavy (non-hydrogen) atoms. The van der Waals surface area contributed by atoms with Crippen LogP contribution in [0.3, 0.4) is 0 Å². The van der Waals surface area contributed by atoms with Gasteiger partial charge in [0.2, 0.25) is 0 Å². The Labute approximate surface area is 193 Å². The van der Waals surface area contributed by atoms with Crippen LogP contribution in [0.5, 0.6) is 0 Å². The fourth-order valence-electron chi connectivity index (χ4n) is 5.30. The molecule has 0 fully saturated rings. The molecular weight excluding hydrogens is 454 g/mol. The van der Waals surface area contributed by atoms with Crippen LogP contribution in [-0.4, -0.2) is 4.57 Å². The fourth-order valence-corrected chi connectivity index (χ4v) is 5.65. The summed E-state index contributed by atoms with van der Waals surface area (Å²) in [5.74, 6) is 0. The topological polar surface area (TPSA) is 4.93 Å². The molecule has 0 saturated carbocycles. The highest BCUT2D eigenvalue weighted by atomic mass is 79.9. The van der Waals surface area contributed by atoms with E-state index in [0.29, 0.717) is 0 Å². The van der Waals surface area contributed by atoms with Crippen molar-refractivity contribution in [1.29, 1.82) is 0 Å². The van der Waals surface area contributed by atoms with Crippen molar-refractivity contribution in [2.24, 2.45) is 0 Å². The molecule has 0 radical (unpaired) electrons. The molecule has 1 heterocycles. The highest BCUT2D eigenvalue weighted by Crippen LogP contribution is 2.44. The summed E-state index contributed by atoms with van der Waals surface area (Å²) >= 11 is 3.72. The summed E-state index contributed by atoms with van der Waals surface area (Å²) in [6, 6.07) is 39.5. The second-order valence-electron chi connectivity index (χ2n) is 8.31. The Morgan fingerprint density at radius 2 is 1.12 bits per heavy atom. The number of hydrogen-bond acceptors (Lipinski definition) is 0. The molecule has 0 bridgehead atoms. The van der Waals surface area contributed by atoms with Gasteiger partial charge in [-0.05, 0) is 51.2 Å². The van der Waals surface area contributed by atoms with Gasteiger partial charge >= 0.3 is 0 Å². The second-order valence-corrected chi connectivity index (χ2v) is 9.23. The van der Waals surface area contributed by atoms with Crippen LogP contribution in [0.15, 0.2) is 114 Å². The summed E-state index contributed by atoms with van der Waals surface area (Å²) in [5.41, 5.74) is 3.66. The molecule has 6 aromatic carbocycles. The number of halogens is 1. The van der Waals surface area contributed by atoms with E-state index in [0.717, 1.165) is 4.47 Å². The lowest BCUT2D eigenvalue weighted by Crippen LogP contribution is -1.95. The van der Waals surface area contributed by atoms with E-state index in [2.05, 4.69) is 130 Å². The van der Waals surface area contributed by atoms with Gasteiger partial charge in [0.15, 0.2) is 0 Å². The lowest BCUT2D eigenvalue weighted by Gasteiger charge is -2.14. The standard InChI is InChI=1S/C30H18BrN/c31-20-15-17-26-27(18-20)32(21-9-2-1-3-10-21)30-28-22-11-5-4-8-19(22)14-16-25(28)23-12-6-7-13-24(23)29(26)30/h1-18H. The number of para-hydroxylation sites is 1. The largest absolute Gasteiger partial charge is 0.309 e. The maximum atomic E-state index is 3.72. The lowest BCUT2D eigenvalue weighted by atomic mass is 9.93. The number of nitrogens with zero attached hydrogens (tertiary/aromatic N) is 1. The molecule has 0 unspecified atom stereocenters. The quantitative estimate of drug-likeness (QED) is 0.210. The first kappa shape index (κ1) is 18.0.